The van der Waals surface area contributed by atoms with Crippen molar-refractivity contribution in [1.29, 1.82) is 0 Å². The zero-order chi connectivity index (χ0) is 6.99. The van der Waals surface area contributed by atoms with Crippen LogP contribution >= 0.6 is 0 Å². The molecule has 1 atom stereocenters. The largest absolute Gasteiger partial charge is 0.382 e. The molecule has 0 aliphatic heterocycles. The van der Waals surface area contributed by atoms with E-state index in [-0.39, 0.29) is 0 Å². The lowest BCUT2D eigenvalue weighted by molar-refractivity contribution is -0.0979. The van der Waals surface area contributed by atoms with E-state index in [4.69, 9.17) is 9.53 Å². The van der Waals surface area contributed by atoms with Gasteiger partial charge in [-0.05, 0) is 13.3 Å². The monoisotopic (exact) mass is 118 g/mol. The lowest BCUT2D eigenvalue weighted by Crippen LogP contribution is -2.00. The predicted molar refractivity (Wildman–Crippen MR) is 33.9 cm³/mol. The zero-order valence-electron chi connectivity index (χ0n) is 5.81. The van der Waals surface area contributed by atoms with Gasteiger partial charge in [0, 0.05) is 7.11 Å². The average molecular weight is 118 g/mol. The van der Waals surface area contributed by atoms with E-state index in [1.807, 2.05) is 6.79 Å². The van der Waals surface area contributed by atoms with Crippen molar-refractivity contribution in [3.05, 3.63) is 0 Å². The minimum absolute atomic E-state index is 0.435. The highest BCUT2D eigenvalue weighted by Crippen LogP contribution is 1.89. The van der Waals surface area contributed by atoms with Crippen molar-refractivity contribution < 1.29 is 9.53 Å². The second-order valence-electron chi connectivity index (χ2n) is 1.45. The maximum atomic E-state index is 8.00. The van der Waals surface area contributed by atoms with Crippen molar-refractivity contribution in [2.75, 3.05) is 7.11 Å². The molecule has 0 bridgehead atoms. The van der Waals surface area contributed by atoms with E-state index in [2.05, 4.69) is 13.8 Å². The molecule has 0 radical (unpaired) electrons. The Morgan fingerprint density at radius 3 is 2.00 bits per heavy atom. The summed E-state index contributed by atoms with van der Waals surface area (Å²) in [4.78, 5) is 8.00. The Morgan fingerprint density at radius 2 is 2.00 bits per heavy atom. The maximum absolute atomic E-state index is 8.00. The first-order valence-corrected chi connectivity index (χ1v) is 2.63. The second-order valence-corrected chi connectivity index (χ2v) is 1.45. The molecule has 2 heteroatoms. The van der Waals surface area contributed by atoms with Gasteiger partial charge in [-0.2, -0.15) is 0 Å². The first-order valence-electron chi connectivity index (χ1n) is 2.63. The van der Waals surface area contributed by atoms with E-state index < -0.39 is 0 Å². The molecule has 0 rings (SSSR count). The van der Waals surface area contributed by atoms with E-state index >= 15 is 0 Å². The number of hydrogen-bond donors (Lipinski definition) is 0. The second kappa shape index (κ2) is 9.80. The minimum atomic E-state index is 0.435. The van der Waals surface area contributed by atoms with Crippen molar-refractivity contribution in [3.8, 4) is 0 Å². The van der Waals surface area contributed by atoms with Crippen LogP contribution in [0.15, 0.2) is 0 Å². The summed E-state index contributed by atoms with van der Waals surface area (Å²) in [5.41, 5.74) is 0. The molecule has 50 valence electrons. The molecule has 0 aromatic carbocycles. The summed E-state index contributed by atoms with van der Waals surface area (Å²) in [6.45, 7) is 6.16. The molecule has 0 aromatic rings. The molecule has 8 heavy (non-hydrogen) atoms. The molecule has 0 spiro atoms. The van der Waals surface area contributed by atoms with Crippen LogP contribution in [0.25, 0.3) is 0 Å². The molecule has 0 amide bonds. The molecule has 0 aliphatic rings. The van der Waals surface area contributed by atoms with Gasteiger partial charge in [0.15, 0.2) is 0 Å². The highest BCUT2D eigenvalue weighted by atomic mass is 16.5. The highest BCUT2D eigenvalue weighted by Gasteiger charge is 1.88. The fourth-order valence-electron chi connectivity index (χ4n) is 0.167. The Bertz CT molecular complexity index is 33.5. The summed E-state index contributed by atoms with van der Waals surface area (Å²) in [6, 6.07) is 0. The number of rotatable bonds is 2. The van der Waals surface area contributed by atoms with Crippen LogP contribution in [0.5, 0.6) is 0 Å². The van der Waals surface area contributed by atoms with E-state index in [9.17, 15) is 0 Å². The van der Waals surface area contributed by atoms with E-state index in [0.29, 0.717) is 6.10 Å². The van der Waals surface area contributed by atoms with Crippen molar-refractivity contribution in [2.24, 2.45) is 0 Å². The van der Waals surface area contributed by atoms with Gasteiger partial charge >= 0.3 is 0 Å². The van der Waals surface area contributed by atoms with Crippen LogP contribution in [0.1, 0.15) is 20.3 Å². The molecule has 0 saturated carbocycles. The summed E-state index contributed by atoms with van der Waals surface area (Å²) in [7, 11) is 1.73. The molecular formula is C6H14O2. The van der Waals surface area contributed by atoms with Gasteiger partial charge in [0.1, 0.15) is 6.79 Å². The van der Waals surface area contributed by atoms with E-state index in [0.717, 1.165) is 6.42 Å². The smallest absolute Gasteiger partial charge is 0.106 e. The Balaban J connectivity index is 0. The molecule has 0 saturated heterocycles. The molecule has 0 heterocycles. The van der Waals surface area contributed by atoms with Crippen molar-refractivity contribution in [2.45, 2.75) is 26.4 Å². The molecule has 2 nitrogen and oxygen atoms in total. The molecular weight excluding hydrogens is 104 g/mol. The van der Waals surface area contributed by atoms with Gasteiger partial charge in [-0.3, -0.25) is 0 Å². The SMILES string of the molecule is C=O.CCC(C)OC. The van der Waals surface area contributed by atoms with Crippen LogP contribution in [0, 0.1) is 0 Å². The topological polar surface area (TPSA) is 26.3 Å². The molecule has 0 N–H and O–H groups in total. The molecule has 0 aromatic heterocycles. The third-order valence-corrected chi connectivity index (χ3v) is 0.977. The van der Waals surface area contributed by atoms with Crippen LogP contribution in [0.4, 0.5) is 0 Å². The third kappa shape index (κ3) is 9.16. The highest BCUT2D eigenvalue weighted by molar-refractivity contribution is 5.10. The number of ether oxygens (including phenoxy) is 1. The Morgan fingerprint density at radius 1 is 1.62 bits per heavy atom. The Labute approximate surface area is 50.8 Å². The first-order chi connectivity index (χ1) is 3.81. The predicted octanol–water partition coefficient (Wildman–Crippen LogP) is 1.25. The normalized spacial score (nSPS) is 11.4. The van der Waals surface area contributed by atoms with Crippen molar-refractivity contribution >= 4 is 6.79 Å². The standard InChI is InChI=1S/C5H12O.CH2O/c1-4-5(2)6-3;1-2/h5H,4H2,1-3H3;1H2. The Hall–Kier alpha value is -0.370. The summed E-state index contributed by atoms with van der Waals surface area (Å²) in [5.74, 6) is 0. The van der Waals surface area contributed by atoms with Crippen LogP contribution in [-0.2, 0) is 9.53 Å². The fourth-order valence-corrected chi connectivity index (χ4v) is 0.167. The quantitative estimate of drug-likeness (QED) is 0.545. The summed E-state index contributed by atoms with van der Waals surface area (Å²) >= 11 is 0. The van der Waals surface area contributed by atoms with Crippen LogP contribution in [0.3, 0.4) is 0 Å². The lowest BCUT2D eigenvalue weighted by Gasteiger charge is -2.01. The number of methoxy groups -OCH3 is 1. The number of hydrogen-bond acceptors (Lipinski definition) is 2. The lowest BCUT2D eigenvalue weighted by atomic mass is 10.3. The van der Waals surface area contributed by atoms with Gasteiger partial charge in [-0.15, -0.1) is 0 Å². The van der Waals surface area contributed by atoms with Gasteiger partial charge in [0.05, 0.1) is 6.10 Å². The van der Waals surface area contributed by atoms with Gasteiger partial charge in [-0.1, -0.05) is 6.92 Å². The van der Waals surface area contributed by atoms with Gasteiger partial charge in [0.25, 0.3) is 0 Å². The molecule has 1 unspecified atom stereocenters. The van der Waals surface area contributed by atoms with Crippen LogP contribution in [0.2, 0.25) is 0 Å². The molecule has 0 aliphatic carbocycles. The number of carbonyl (C=O) groups excluding carboxylic acids is 1. The fraction of sp³-hybridized carbons (Fsp3) is 0.833. The summed E-state index contributed by atoms with van der Waals surface area (Å²) in [5, 5.41) is 0. The first kappa shape index (κ1) is 10.6. The van der Waals surface area contributed by atoms with Gasteiger partial charge in [0.2, 0.25) is 0 Å². The van der Waals surface area contributed by atoms with Crippen LogP contribution < -0.4 is 0 Å². The number of carbonyl (C=O) groups is 1. The van der Waals surface area contributed by atoms with Crippen molar-refractivity contribution in [1.82, 2.24) is 0 Å². The zero-order valence-corrected chi connectivity index (χ0v) is 5.81. The van der Waals surface area contributed by atoms with Gasteiger partial charge < -0.3 is 9.53 Å². The van der Waals surface area contributed by atoms with E-state index in [1.165, 1.54) is 0 Å². The minimum Gasteiger partial charge on any atom is -0.382 e. The maximum Gasteiger partial charge on any atom is 0.106 e. The van der Waals surface area contributed by atoms with Crippen molar-refractivity contribution in [3.63, 3.8) is 0 Å². The third-order valence-electron chi connectivity index (χ3n) is 0.977. The summed E-state index contributed by atoms with van der Waals surface area (Å²) in [6.07, 6.45) is 1.54. The summed E-state index contributed by atoms with van der Waals surface area (Å²) < 4.78 is 4.90. The average Bonchev–Trinajstić information content (AvgIpc) is 1.91. The molecule has 0 fully saturated rings. The Kier molecular flexibility index (Phi) is 13.0. The van der Waals surface area contributed by atoms with E-state index in [1.54, 1.807) is 7.11 Å². The van der Waals surface area contributed by atoms with Gasteiger partial charge in [-0.25, -0.2) is 0 Å². The van der Waals surface area contributed by atoms with Crippen LogP contribution in [-0.4, -0.2) is 20.0 Å².